The minimum Gasteiger partial charge on any atom is -0.383 e. The van der Waals surface area contributed by atoms with Gasteiger partial charge < -0.3 is 15.8 Å². The Kier molecular flexibility index (Phi) is 5.83. The van der Waals surface area contributed by atoms with Gasteiger partial charge in [0.1, 0.15) is 0 Å². The van der Waals surface area contributed by atoms with Crippen LogP contribution in [0.4, 0.5) is 0 Å². The summed E-state index contributed by atoms with van der Waals surface area (Å²) in [5.41, 5.74) is 5.63. The molecule has 0 aromatic carbocycles. The van der Waals surface area contributed by atoms with Gasteiger partial charge in [-0.1, -0.05) is 27.7 Å². The van der Waals surface area contributed by atoms with Crippen molar-refractivity contribution in [3.05, 3.63) is 0 Å². The highest BCUT2D eigenvalue weighted by atomic mass is 16.5. The van der Waals surface area contributed by atoms with E-state index in [0.717, 1.165) is 6.42 Å². The first-order valence-corrected chi connectivity index (χ1v) is 5.37. The van der Waals surface area contributed by atoms with Crippen LogP contribution in [0.15, 0.2) is 0 Å². The highest BCUT2D eigenvalue weighted by Crippen LogP contribution is 2.17. The molecule has 90 valence electrons. The molecule has 1 amide bonds. The van der Waals surface area contributed by atoms with Gasteiger partial charge >= 0.3 is 0 Å². The van der Waals surface area contributed by atoms with E-state index < -0.39 is 6.04 Å². The van der Waals surface area contributed by atoms with Gasteiger partial charge in [-0.15, -0.1) is 0 Å². The molecule has 2 atom stereocenters. The summed E-state index contributed by atoms with van der Waals surface area (Å²) in [6.07, 6.45) is 0.844. The Bertz CT molecular complexity index is 199. The highest BCUT2D eigenvalue weighted by molar-refractivity contribution is 5.82. The number of carbonyl (C=O) groups excluding carboxylic acids is 1. The Morgan fingerprint density at radius 2 is 2.00 bits per heavy atom. The Hall–Kier alpha value is -0.610. The molecule has 3 N–H and O–H groups in total. The van der Waals surface area contributed by atoms with Crippen LogP contribution >= 0.6 is 0 Å². The van der Waals surface area contributed by atoms with Crippen molar-refractivity contribution in [2.75, 3.05) is 13.7 Å². The largest absolute Gasteiger partial charge is 0.383 e. The Morgan fingerprint density at radius 3 is 2.33 bits per heavy atom. The van der Waals surface area contributed by atoms with Gasteiger partial charge in [0.25, 0.3) is 0 Å². The minimum absolute atomic E-state index is 0.0518. The third kappa shape index (κ3) is 5.14. The van der Waals surface area contributed by atoms with Gasteiger partial charge in [-0.05, 0) is 11.8 Å². The molecule has 2 unspecified atom stereocenters. The fourth-order valence-electron chi connectivity index (χ4n) is 1.15. The summed E-state index contributed by atoms with van der Waals surface area (Å²) in [7, 11) is 1.62. The molecule has 0 bridgehead atoms. The molecule has 0 heterocycles. The van der Waals surface area contributed by atoms with Crippen LogP contribution in [0.2, 0.25) is 0 Å². The molecule has 0 saturated heterocycles. The van der Waals surface area contributed by atoms with E-state index in [1.54, 1.807) is 7.11 Å². The summed E-state index contributed by atoms with van der Waals surface area (Å²) in [6, 6.07) is -0.431. The standard InChI is InChI=1S/C11H24N2O2/c1-6-8(7-15-5)13-10(14)9(12)11(2,3)4/h8-9H,6-7,12H2,1-5H3,(H,13,14). The van der Waals surface area contributed by atoms with Crippen LogP contribution in [0.25, 0.3) is 0 Å². The van der Waals surface area contributed by atoms with Crippen LogP contribution < -0.4 is 11.1 Å². The van der Waals surface area contributed by atoms with Gasteiger partial charge in [0.2, 0.25) is 5.91 Å². The van der Waals surface area contributed by atoms with Crippen LogP contribution in [0.5, 0.6) is 0 Å². The summed E-state index contributed by atoms with van der Waals surface area (Å²) in [5, 5.41) is 2.88. The number of nitrogens with two attached hydrogens (primary N) is 1. The number of ether oxygens (including phenoxy) is 1. The van der Waals surface area contributed by atoms with E-state index in [4.69, 9.17) is 10.5 Å². The van der Waals surface area contributed by atoms with Crippen LogP contribution in [0.3, 0.4) is 0 Å². The molecule has 15 heavy (non-hydrogen) atoms. The van der Waals surface area contributed by atoms with Crippen molar-refractivity contribution in [3.8, 4) is 0 Å². The van der Waals surface area contributed by atoms with Crippen molar-refractivity contribution in [1.82, 2.24) is 5.32 Å². The van der Waals surface area contributed by atoms with Gasteiger partial charge in [-0.2, -0.15) is 0 Å². The third-order valence-corrected chi connectivity index (χ3v) is 2.42. The second kappa shape index (κ2) is 6.08. The lowest BCUT2D eigenvalue weighted by atomic mass is 9.87. The molecule has 0 aromatic heterocycles. The average Bonchev–Trinajstić information content (AvgIpc) is 2.14. The maximum Gasteiger partial charge on any atom is 0.237 e. The van der Waals surface area contributed by atoms with E-state index in [-0.39, 0.29) is 17.4 Å². The molecule has 4 nitrogen and oxygen atoms in total. The summed E-state index contributed by atoms with van der Waals surface area (Å²) >= 11 is 0. The number of methoxy groups -OCH3 is 1. The van der Waals surface area contributed by atoms with E-state index in [1.165, 1.54) is 0 Å². The van der Waals surface area contributed by atoms with E-state index >= 15 is 0 Å². The molecule has 0 aliphatic carbocycles. The fourth-order valence-corrected chi connectivity index (χ4v) is 1.15. The minimum atomic E-state index is -0.483. The van der Waals surface area contributed by atoms with Crippen LogP contribution in [0.1, 0.15) is 34.1 Å². The van der Waals surface area contributed by atoms with Gasteiger partial charge in [0, 0.05) is 7.11 Å². The van der Waals surface area contributed by atoms with Crippen LogP contribution in [0, 0.1) is 5.41 Å². The SMILES string of the molecule is CCC(COC)NC(=O)C(N)C(C)(C)C. The number of hydrogen-bond donors (Lipinski definition) is 2. The smallest absolute Gasteiger partial charge is 0.237 e. The van der Waals surface area contributed by atoms with Crippen LogP contribution in [-0.2, 0) is 9.53 Å². The van der Waals surface area contributed by atoms with E-state index in [0.29, 0.717) is 6.61 Å². The zero-order chi connectivity index (χ0) is 12.1. The van der Waals surface area contributed by atoms with Gasteiger partial charge in [-0.3, -0.25) is 4.79 Å². The summed E-state index contributed by atoms with van der Waals surface area (Å²) < 4.78 is 5.01. The molecule has 0 radical (unpaired) electrons. The molecule has 0 aromatic rings. The first-order chi connectivity index (χ1) is 6.82. The summed E-state index contributed by atoms with van der Waals surface area (Å²) in [6.45, 7) is 8.39. The maximum atomic E-state index is 11.7. The Balaban J connectivity index is 4.22. The third-order valence-electron chi connectivity index (χ3n) is 2.42. The van der Waals surface area contributed by atoms with Gasteiger partial charge in [0.15, 0.2) is 0 Å². The molecule has 0 saturated carbocycles. The lowest BCUT2D eigenvalue weighted by Gasteiger charge is -2.27. The van der Waals surface area contributed by atoms with Crippen molar-refractivity contribution in [2.45, 2.75) is 46.2 Å². The number of carbonyl (C=O) groups is 1. The topological polar surface area (TPSA) is 64.3 Å². The predicted molar refractivity (Wildman–Crippen MR) is 61.5 cm³/mol. The Morgan fingerprint density at radius 1 is 1.47 bits per heavy atom. The van der Waals surface area contributed by atoms with Crippen molar-refractivity contribution < 1.29 is 9.53 Å². The normalized spacial score (nSPS) is 15.9. The number of hydrogen-bond acceptors (Lipinski definition) is 3. The average molecular weight is 216 g/mol. The quantitative estimate of drug-likeness (QED) is 0.717. The Labute approximate surface area is 92.6 Å². The number of amides is 1. The van der Waals surface area contributed by atoms with E-state index in [9.17, 15) is 4.79 Å². The van der Waals surface area contributed by atoms with E-state index in [1.807, 2.05) is 27.7 Å². The first kappa shape index (κ1) is 14.4. The molecule has 4 heteroatoms. The van der Waals surface area contributed by atoms with Crippen molar-refractivity contribution in [1.29, 1.82) is 0 Å². The number of rotatable bonds is 5. The molecule has 0 rings (SSSR count). The van der Waals surface area contributed by atoms with Crippen molar-refractivity contribution in [3.63, 3.8) is 0 Å². The summed E-state index contributed by atoms with van der Waals surface area (Å²) in [5.74, 6) is -0.105. The zero-order valence-electron chi connectivity index (χ0n) is 10.5. The van der Waals surface area contributed by atoms with Crippen LogP contribution in [-0.4, -0.2) is 31.7 Å². The molecule has 0 aliphatic rings. The molecular formula is C11H24N2O2. The monoisotopic (exact) mass is 216 g/mol. The zero-order valence-corrected chi connectivity index (χ0v) is 10.5. The summed E-state index contributed by atoms with van der Waals surface area (Å²) in [4.78, 5) is 11.7. The second-order valence-electron chi connectivity index (χ2n) is 4.91. The predicted octanol–water partition coefficient (Wildman–Crippen LogP) is 0.901. The van der Waals surface area contributed by atoms with Crippen molar-refractivity contribution in [2.24, 2.45) is 11.1 Å². The van der Waals surface area contributed by atoms with Gasteiger partial charge in [0.05, 0.1) is 18.7 Å². The fraction of sp³-hybridized carbons (Fsp3) is 0.909. The lowest BCUT2D eigenvalue weighted by Crippen LogP contribution is -2.52. The number of nitrogens with one attached hydrogen (secondary N) is 1. The molecule has 0 aliphatic heterocycles. The molecular weight excluding hydrogens is 192 g/mol. The maximum absolute atomic E-state index is 11.7. The van der Waals surface area contributed by atoms with Crippen molar-refractivity contribution >= 4 is 5.91 Å². The first-order valence-electron chi connectivity index (χ1n) is 5.37. The van der Waals surface area contributed by atoms with Gasteiger partial charge in [-0.25, -0.2) is 0 Å². The van der Waals surface area contributed by atoms with E-state index in [2.05, 4.69) is 5.32 Å². The lowest BCUT2D eigenvalue weighted by molar-refractivity contribution is -0.125. The highest BCUT2D eigenvalue weighted by Gasteiger charge is 2.28. The molecule has 0 spiro atoms. The second-order valence-corrected chi connectivity index (χ2v) is 4.91. The molecule has 0 fully saturated rings.